The van der Waals surface area contributed by atoms with Crippen LogP contribution >= 0.6 is 0 Å². The van der Waals surface area contributed by atoms with E-state index in [2.05, 4.69) is 0 Å². The highest BCUT2D eigenvalue weighted by Crippen LogP contribution is 2.17. The normalized spacial score (nSPS) is 9.69. The summed E-state index contributed by atoms with van der Waals surface area (Å²) in [7, 11) is 0. The van der Waals surface area contributed by atoms with Crippen LogP contribution in [0.4, 0.5) is 4.39 Å². The number of benzene rings is 1. The largest absolute Gasteiger partial charge is 0.491 e. The maximum Gasteiger partial charge on any atom is 0.165 e. The molecule has 3 N–H and O–H groups in total. The summed E-state index contributed by atoms with van der Waals surface area (Å²) in [5.74, 6) is -0.455. The van der Waals surface area contributed by atoms with E-state index in [1.807, 2.05) is 0 Å². The van der Waals surface area contributed by atoms with Crippen LogP contribution in [0.2, 0.25) is 0 Å². The first kappa shape index (κ1) is 9.51. The molecule has 0 amide bonds. The summed E-state index contributed by atoms with van der Waals surface area (Å²) in [6.07, 6.45) is 0. The van der Waals surface area contributed by atoms with Crippen LogP contribution in [0.1, 0.15) is 12.5 Å². The van der Waals surface area contributed by atoms with Crippen molar-refractivity contribution in [3.8, 4) is 5.75 Å². The first-order valence-corrected chi connectivity index (χ1v) is 3.92. The van der Waals surface area contributed by atoms with Gasteiger partial charge in [-0.25, -0.2) is 4.39 Å². The van der Waals surface area contributed by atoms with Gasteiger partial charge in [-0.1, -0.05) is 0 Å². The van der Waals surface area contributed by atoms with E-state index in [1.54, 1.807) is 13.0 Å². The average molecular weight is 182 g/mol. The van der Waals surface area contributed by atoms with Gasteiger partial charge >= 0.3 is 0 Å². The fraction of sp³-hybridized carbons (Fsp3) is 0.222. The third kappa shape index (κ3) is 2.18. The summed E-state index contributed by atoms with van der Waals surface area (Å²) < 4.78 is 18.1. The Morgan fingerprint density at radius 2 is 2.31 bits per heavy atom. The molecule has 13 heavy (non-hydrogen) atoms. The van der Waals surface area contributed by atoms with Crippen molar-refractivity contribution >= 4 is 5.84 Å². The van der Waals surface area contributed by atoms with Crippen molar-refractivity contribution in [1.29, 1.82) is 5.41 Å². The number of rotatable bonds is 3. The van der Waals surface area contributed by atoms with Gasteiger partial charge in [0.25, 0.3) is 0 Å². The van der Waals surface area contributed by atoms with Crippen LogP contribution in [0.15, 0.2) is 18.2 Å². The van der Waals surface area contributed by atoms with E-state index in [9.17, 15) is 4.39 Å². The number of hydrogen-bond donors (Lipinski definition) is 2. The number of ether oxygens (including phenoxy) is 1. The molecule has 0 aliphatic rings. The van der Waals surface area contributed by atoms with Crippen LogP contribution in [-0.4, -0.2) is 12.4 Å². The minimum Gasteiger partial charge on any atom is -0.491 e. The molecular formula is C9H11FN2O. The Bertz CT molecular complexity index is 325. The van der Waals surface area contributed by atoms with Crippen molar-refractivity contribution in [2.24, 2.45) is 5.73 Å². The summed E-state index contributed by atoms with van der Waals surface area (Å²) in [6, 6.07) is 4.21. The average Bonchev–Trinajstić information content (AvgIpc) is 2.08. The lowest BCUT2D eigenvalue weighted by Gasteiger charge is -2.05. The fourth-order valence-corrected chi connectivity index (χ4v) is 0.941. The molecule has 0 unspecified atom stereocenters. The van der Waals surface area contributed by atoms with Gasteiger partial charge in [0.1, 0.15) is 5.84 Å². The Morgan fingerprint density at radius 3 is 2.77 bits per heavy atom. The molecule has 0 heterocycles. The molecule has 4 heteroatoms. The van der Waals surface area contributed by atoms with E-state index in [0.717, 1.165) is 0 Å². The van der Waals surface area contributed by atoms with Gasteiger partial charge in [0, 0.05) is 5.56 Å². The van der Waals surface area contributed by atoms with Gasteiger partial charge in [-0.2, -0.15) is 0 Å². The molecule has 0 saturated heterocycles. The van der Waals surface area contributed by atoms with E-state index in [0.29, 0.717) is 12.2 Å². The van der Waals surface area contributed by atoms with Crippen molar-refractivity contribution in [3.63, 3.8) is 0 Å². The molecule has 0 radical (unpaired) electrons. The van der Waals surface area contributed by atoms with Gasteiger partial charge in [-0.05, 0) is 25.1 Å². The Balaban J connectivity index is 2.98. The second-order valence-electron chi connectivity index (χ2n) is 2.49. The second kappa shape index (κ2) is 3.89. The number of halogens is 1. The van der Waals surface area contributed by atoms with Gasteiger partial charge < -0.3 is 10.5 Å². The third-order valence-corrected chi connectivity index (χ3v) is 1.54. The van der Waals surface area contributed by atoms with Crippen LogP contribution in [0.3, 0.4) is 0 Å². The highest BCUT2D eigenvalue weighted by molar-refractivity contribution is 5.95. The molecule has 0 atom stereocenters. The molecule has 1 aromatic rings. The lowest BCUT2D eigenvalue weighted by Crippen LogP contribution is -2.11. The molecule has 1 rings (SSSR count). The summed E-state index contributed by atoms with van der Waals surface area (Å²) in [4.78, 5) is 0. The van der Waals surface area contributed by atoms with Crippen LogP contribution < -0.4 is 10.5 Å². The van der Waals surface area contributed by atoms with Crippen molar-refractivity contribution < 1.29 is 9.13 Å². The molecule has 1 aromatic carbocycles. The summed E-state index contributed by atoms with van der Waals surface area (Å²) in [5, 5.41) is 7.07. The highest BCUT2D eigenvalue weighted by Gasteiger charge is 2.04. The minimum atomic E-state index is -0.491. The van der Waals surface area contributed by atoms with Gasteiger partial charge in [-0.15, -0.1) is 0 Å². The lowest BCUT2D eigenvalue weighted by atomic mass is 10.2. The van der Waals surface area contributed by atoms with Crippen LogP contribution in [0.5, 0.6) is 5.75 Å². The monoisotopic (exact) mass is 182 g/mol. The molecule has 0 aliphatic heterocycles. The summed E-state index contributed by atoms with van der Waals surface area (Å²) in [6.45, 7) is 2.19. The lowest BCUT2D eigenvalue weighted by molar-refractivity contribution is 0.321. The predicted molar refractivity (Wildman–Crippen MR) is 48.6 cm³/mol. The molecule has 70 valence electrons. The van der Waals surface area contributed by atoms with Crippen molar-refractivity contribution in [1.82, 2.24) is 0 Å². The SMILES string of the molecule is CCOc1ccc(C(=N)N)cc1F. The molecule has 0 aliphatic carbocycles. The second-order valence-corrected chi connectivity index (χ2v) is 2.49. The maximum absolute atomic E-state index is 13.1. The van der Waals surface area contributed by atoms with E-state index in [-0.39, 0.29) is 11.6 Å². The first-order chi connectivity index (χ1) is 6.15. The van der Waals surface area contributed by atoms with Crippen LogP contribution in [0, 0.1) is 11.2 Å². The van der Waals surface area contributed by atoms with Crippen molar-refractivity contribution in [2.75, 3.05) is 6.61 Å². The quantitative estimate of drug-likeness (QED) is 0.549. The molecule has 3 nitrogen and oxygen atoms in total. The smallest absolute Gasteiger partial charge is 0.165 e. The van der Waals surface area contributed by atoms with E-state index in [4.69, 9.17) is 15.9 Å². The number of nitrogens with one attached hydrogen (secondary N) is 1. The van der Waals surface area contributed by atoms with Gasteiger partial charge in [-0.3, -0.25) is 5.41 Å². The van der Waals surface area contributed by atoms with Gasteiger partial charge in [0.2, 0.25) is 0 Å². The van der Waals surface area contributed by atoms with Crippen LogP contribution in [-0.2, 0) is 0 Å². The molecule has 0 bridgehead atoms. The van der Waals surface area contributed by atoms with Gasteiger partial charge in [0.05, 0.1) is 6.61 Å². The first-order valence-electron chi connectivity index (χ1n) is 3.92. The predicted octanol–water partition coefficient (Wildman–Crippen LogP) is 1.51. The van der Waals surface area contributed by atoms with E-state index >= 15 is 0 Å². The summed E-state index contributed by atoms with van der Waals surface area (Å²) in [5.41, 5.74) is 5.54. The molecule has 0 spiro atoms. The van der Waals surface area contributed by atoms with Gasteiger partial charge in [0.15, 0.2) is 11.6 Å². The van der Waals surface area contributed by atoms with E-state index < -0.39 is 5.82 Å². The topological polar surface area (TPSA) is 59.1 Å². The standard InChI is InChI=1S/C9H11FN2O/c1-2-13-8-4-3-6(9(11)12)5-7(8)10/h3-5H,2H2,1H3,(H3,11,12). The summed E-state index contributed by atoms with van der Waals surface area (Å²) >= 11 is 0. The Hall–Kier alpha value is -1.58. The zero-order valence-electron chi connectivity index (χ0n) is 7.30. The van der Waals surface area contributed by atoms with Crippen molar-refractivity contribution in [3.05, 3.63) is 29.6 Å². The highest BCUT2D eigenvalue weighted by atomic mass is 19.1. The Morgan fingerprint density at radius 1 is 1.62 bits per heavy atom. The van der Waals surface area contributed by atoms with Crippen molar-refractivity contribution in [2.45, 2.75) is 6.92 Å². The number of amidine groups is 1. The van der Waals surface area contributed by atoms with E-state index in [1.165, 1.54) is 12.1 Å². The molecule has 0 aromatic heterocycles. The zero-order chi connectivity index (χ0) is 9.84. The molecule has 0 saturated carbocycles. The number of nitrogen functional groups attached to an aromatic ring is 1. The number of nitrogens with two attached hydrogens (primary N) is 1. The van der Waals surface area contributed by atoms with Crippen LogP contribution in [0.25, 0.3) is 0 Å². The molecule has 0 fully saturated rings. The number of hydrogen-bond acceptors (Lipinski definition) is 2. The fourth-order valence-electron chi connectivity index (χ4n) is 0.941. The minimum absolute atomic E-state index is 0.151. The Kier molecular flexibility index (Phi) is 2.84. The Labute approximate surface area is 75.8 Å². The third-order valence-electron chi connectivity index (χ3n) is 1.54. The maximum atomic E-state index is 13.1. The molecular weight excluding hydrogens is 171 g/mol. The zero-order valence-corrected chi connectivity index (χ0v) is 7.30.